The van der Waals surface area contributed by atoms with Gasteiger partial charge in [-0.05, 0) is 37.6 Å². The smallest absolute Gasteiger partial charge is 0.416 e. The molecule has 1 amide bonds. The number of hydrogen-bond donors (Lipinski definition) is 0. The molecule has 0 radical (unpaired) electrons. The van der Waals surface area contributed by atoms with E-state index in [0.717, 1.165) is 61.5 Å². The summed E-state index contributed by atoms with van der Waals surface area (Å²) >= 11 is 0. The SMILES string of the molecule is CCOc1ccc2nc3c(cc2c1)CN(CCCN1CCOCC1)C(=O)O3. The molecule has 0 N–H and O–H groups in total. The number of amides is 1. The quantitative estimate of drug-likeness (QED) is 0.778. The molecule has 0 aliphatic carbocycles. The van der Waals surface area contributed by atoms with Gasteiger partial charge in [0.05, 0.1) is 31.9 Å². The predicted molar refractivity (Wildman–Crippen MR) is 101 cm³/mol. The Morgan fingerprint density at radius 1 is 1.19 bits per heavy atom. The van der Waals surface area contributed by atoms with Crippen LogP contribution in [0, 0.1) is 0 Å². The van der Waals surface area contributed by atoms with Gasteiger partial charge in [0.1, 0.15) is 5.75 Å². The van der Waals surface area contributed by atoms with Crippen molar-refractivity contribution >= 4 is 17.0 Å². The number of fused-ring (bicyclic) bond motifs is 2. The van der Waals surface area contributed by atoms with E-state index in [4.69, 9.17) is 14.2 Å². The van der Waals surface area contributed by atoms with E-state index >= 15 is 0 Å². The van der Waals surface area contributed by atoms with E-state index in [1.807, 2.05) is 31.2 Å². The molecule has 1 fully saturated rings. The van der Waals surface area contributed by atoms with Crippen LogP contribution in [0.5, 0.6) is 11.6 Å². The molecule has 2 aliphatic heterocycles. The molecule has 7 heteroatoms. The number of aromatic nitrogens is 1. The third-order valence-electron chi connectivity index (χ3n) is 4.95. The summed E-state index contributed by atoms with van der Waals surface area (Å²) in [5.41, 5.74) is 1.73. The van der Waals surface area contributed by atoms with Gasteiger partial charge in [-0.3, -0.25) is 4.90 Å². The molecule has 0 atom stereocenters. The molecule has 1 saturated heterocycles. The molecule has 7 nitrogen and oxygen atoms in total. The van der Waals surface area contributed by atoms with Gasteiger partial charge in [0.2, 0.25) is 5.88 Å². The number of carbonyl (C=O) groups is 1. The van der Waals surface area contributed by atoms with Gasteiger partial charge in [-0.1, -0.05) is 0 Å². The van der Waals surface area contributed by atoms with Crippen LogP contribution in [0.25, 0.3) is 10.9 Å². The van der Waals surface area contributed by atoms with E-state index < -0.39 is 0 Å². The minimum atomic E-state index is -0.317. The molecule has 0 unspecified atom stereocenters. The highest BCUT2D eigenvalue weighted by Gasteiger charge is 2.26. The van der Waals surface area contributed by atoms with Crippen molar-refractivity contribution in [3.63, 3.8) is 0 Å². The first-order valence-electron chi connectivity index (χ1n) is 9.56. The molecule has 27 heavy (non-hydrogen) atoms. The largest absolute Gasteiger partial charge is 0.494 e. The Labute approximate surface area is 158 Å². The predicted octanol–water partition coefficient (Wildman–Crippen LogP) is 2.67. The monoisotopic (exact) mass is 371 g/mol. The number of pyridine rings is 1. The maximum atomic E-state index is 12.3. The zero-order valence-electron chi connectivity index (χ0n) is 15.6. The van der Waals surface area contributed by atoms with E-state index in [1.165, 1.54) is 0 Å². The van der Waals surface area contributed by atoms with Gasteiger partial charge in [-0.15, -0.1) is 0 Å². The number of ether oxygens (including phenoxy) is 3. The minimum absolute atomic E-state index is 0.317. The first kappa shape index (κ1) is 18.0. The minimum Gasteiger partial charge on any atom is -0.494 e. The van der Waals surface area contributed by atoms with Gasteiger partial charge >= 0.3 is 6.09 Å². The Bertz CT molecular complexity index is 820. The van der Waals surface area contributed by atoms with Crippen LogP contribution in [0.3, 0.4) is 0 Å². The summed E-state index contributed by atoms with van der Waals surface area (Å²) in [5, 5.41) is 0.992. The van der Waals surface area contributed by atoms with Crippen molar-refractivity contribution < 1.29 is 19.0 Å². The molecular weight excluding hydrogens is 346 g/mol. The van der Waals surface area contributed by atoms with Crippen LogP contribution in [0.1, 0.15) is 18.9 Å². The zero-order chi connectivity index (χ0) is 18.6. The summed E-state index contributed by atoms with van der Waals surface area (Å²) in [7, 11) is 0. The van der Waals surface area contributed by atoms with Crippen LogP contribution in [-0.2, 0) is 11.3 Å². The molecule has 1 aromatic heterocycles. The summed E-state index contributed by atoms with van der Waals surface area (Å²) in [6.07, 6.45) is 0.599. The van der Waals surface area contributed by atoms with Gasteiger partial charge in [-0.25, -0.2) is 9.78 Å². The number of hydrogen-bond acceptors (Lipinski definition) is 6. The fourth-order valence-electron chi connectivity index (χ4n) is 3.54. The lowest BCUT2D eigenvalue weighted by Gasteiger charge is -2.30. The Morgan fingerprint density at radius 3 is 2.85 bits per heavy atom. The second-order valence-electron chi connectivity index (χ2n) is 6.84. The van der Waals surface area contributed by atoms with Gasteiger partial charge in [-0.2, -0.15) is 0 Å². The lowest BCUT2D eigenvalue weighted by atomic mass is 10.1. The Morgan fingerprint density at radius 2 is 2.04 bits per heavy atom. The number of nitrogens with zero attached hydrogens (tertiary/aromatic N) is 3. The van der Waals surface area contributed by atoms with Gasteiger partial charge in [0.25, 0.3) is 0 Å². The van der Waals surface area contributed by atoms with Crippen LogP contribution >= 0.6 is 0 Å². The molecule has 0 saturated carbocycles. The van der Waals surface area contributed by atoms with Crippen LogP contribution in [-0.4, -0.2) is 66.9 Å². The number of carbonyl (C=O) groups excluding carboxylic acids is 1. The van der Waals surface area contributed by atoms with Crippen LogP contribution in [0.15, 0.2) is 24.3 Å². The molecular formula is C20H25N3O4. The molecule has 0 spiro atoms. The first-order valence-corrected chi connectivity index (χ1v) is 9.56. The van der Waals surface area contributed by atoms with Gasteiger partial charge in [0, 0.05) is 37.1 Å². The summed E-state index contributed by atoms with van der Waals surface area (Å²) in [6.45, 7) is 8.27. The first-order chi connectivity index (χ1) is 13.2. The van der Waals surface area contributed by atoms with E-state index in [0.29, 0.717) is 25.6 Å². The topological polar surface area (TPSA) is 64.1 Å². The summed E-state index contributed by atoms with van der Waals surface area (Å²) in [5.74, 6) is 1.24. The molecule has 2 aromatic rings. The van der Waals surface area contributed by atoms with E-state index in [9.17, 15) is 4.79 Å². The Balaban J connectivity index is 1.43. The highest BCUT2D eigenvalue weighted by molar-refractivity contribution is 5.83. The molecule has 3 heterocycles. The molecule has 2 aliphatic rings. The van der Waals surface area contributed by atoms with Crippen molar-refractivity contribution in [2.75, 3.05) is 46.0 Å². The highest BCUT2D eigenvalue weighted by Crippen LogP contribution is 2.29. The third-order valence-corrected chi connectivity index (χ3v) is 4.95. The lowest BCUT2D eigenvalue weighted by molar-refractivity contribution is 0.0359. The highest BCUT2D eigenvalue weighted by atomic mass is 16.6. The number of benzene rings is 1. The normalized spacial score (nSPS) is 17.7. The van der Waals surface area contributed by atoms with Crippen molar-refractivity contribution in [2.24, 2.45) is 0 Å². The molecule has 1 aromatic carbocycles. The summed E-state index contributed by atoms with van der Waals surface area (Å²) in [4.78, 5) is 21.0. The molecule has 0 bridgehead atoms. The zero-order valence-corrected chi connectivity index (χ0v) is 15.6. The van der Waals surface area contributed by atoms with Gasteiger partial charge in [0.15, 0.2) is 0 Å². The van der Waals surface area contributed by atoms with Crippen molar-refractivity contribution in [3.8, 4) is 11.6 Å². The van der Waals surface area contributed by atoms with E-state index in [-0.39, 0.29) is 6.09 Å². The van der Waals surface area contributed by atoms with Crippen molar-refractivity contribution in [3.05, 3.63) is 29.8 Å². The fraction of sp³-hybridized carbons (Fsp3) is 0.500. The lowest BCUT2D eigenvalue weighted by Crippen LogP contribution is -2.41. The number of morpholine rings is 1. The molecule has 4 rings (SSSR count). The number of rotatable bonds is 6. The van der Waals surface area contributed by atoms with E-state index in [1.54, 1.807) is 4.90 Å². The second kappa shape index (κ2) is 8.10. The summed E-state index contributed by atoms with van der Waals surface area (Å²) < 4.78 is 16.4. The Kier molecular flexibility index (Phi) is 5.40. The fourth-order valence-corrected chi connectivity index (χ4v) is 3.54. The Hall–Kier alpha value is -2.38. The average Bonchev–Trinajstić information content (AvgIpc) is 2.68. The van der Waals surface area contributed by atoms with Gasteiger partial charge < -0.3 is 19.1 Å². The maximum absolute atomic E-state index is 12.3. The van der Waals surface area contributed by atoms with Crippen molar-refractivity contribution in [1.82, 2.24) is 14.8 Å². The second-order valence-corrected chi connectivity index (χ2v) is 6.84. The average molecular weight is 371 g/mol. The third kappa shape index (κ3) is 4.14. The van der Waals surface area contributed by atoms with Crippen LogP contribution < -0.4 is 9.47 Å². The van der Waals surface area contributed by atoms with Crippen molar-refractivity contribution in [1.29, 1.82) is 0 Å². The van der Waals surface area contributed by atoms with Crippen molar-refractivity contribution in [2.45, 2.75) is 19.9 Å². The maximum Gasteiger partial charge on any atom is 0.416 e. The summed E-state index contributed by atoms with van der Waals surface area (Å²) in [6, 6.07) is 7.80. The van der Waals surface area contributed by atoms with E-state index in [2.05, 4.69) is 9.88 Å². The molecule has 144 valence electrons. The van der Waals surface area contributed by atoms with Crippen LogP contribution in [0.4, 0.5) is 4.79 Å². The standard InChI is InChI=1S/C20H25N3O4/c1-2-26-17-4-5-18-15(13-17)12-16-14-23(20(24)27-19(16)21-18)7-3-6-22-8-10-25-11-9-22/h4-5,12-13H,2-3,6-11,14H2,1H3. The van der Waals surface area contributed by atoms with Crippen LogP contribution in [0.2, 0.25) is 0 Å².